The zero-order valence-corrected chi connectivity index (χ0v) is 18.8. The number of phenolic OH excluding ortho intramolecular Hbond substituents is 1. The van der Waals surface area contributed by atoms with Crippen molar-refractivity contribution in [3.8, 4) is 11.5 Å². The molecule has 0 radical (unpaired) electrons. The van der Waals surface area contributed by atoms with E-state index in [4.69, 9.17) is 18.9 Å². The molecule has 0 aromatic heterocycles. The molecule has 198 valence electrons. The largest absolute Gasteiger partial charge is 0.508 e. The topological polar surface area (TPSA) is 236 Å². The maximum absolute atomic E-state index is 12.8. The molecule has 1 aromatic rings. The lowest BCUT2D eigenvalue weighted by molar-refractivity contribution is -0.338. The number of ether oxygens (including phenoxy) is 4. The molecule has 1 heterocycles. The van der Waals surface area contributed by atoms with Crippen LogP contribution in [0.5, 0.6) is 11.5 Å². The third-order valence-corrected chi connectivity index (χ3v) is 6.14. The number of benzene rings is 1. The quantitative estimate of drug-likeness (QED) is 0.167. The summed E-state index contributed by atoms with van der Waals surface area (Å²) < 4.78 is 21.1. The van der Waals surface area contributed by atoms with Crippen molar-refractivity contribution in [2.75, 3.05) is 13.7 Å². The van der Waals surface area contributed by atoms with Crippen LogP contribution >= 0.6 is 0 Å². The molecule has 1 saturated carbocycles. The Hall–Kier alpha value is -2.11. The summed E-state index contributed by atoms with van der Waals surface area (Å²) in [5.74, 6) is -1.22. The molecule has 35 heavy (non-hydrogen) atoms. The molecule has 0 spiro atoms. The predicted molar refractivity (Wildman–Crippen MR) is 111 cm³/mol. The molecule has 1 saturated heterocycles. The van der Waals surface area contributed by atoms with E-state index in [9.17, 15) is 50.8 Å². The van der Waals surface area contributed by atoms with Crippen molar-refractivity contribution in [3.05, 3.63) is 23.3 Å². The number of hydrogen-bond donors (Lipinski definition) is 9. The number of phenols is 1. The zero-order chi connectivity index (χ0) is 26.2. The summed E-state index contributed by atoms with van der Waals surface area (Å²) in [7, 11) is 1.26. The smallest absolute Gasteiger partial charge is 0.342 e. The molecular weight excluding hydrogens is 476 g/mol. The van der Waals surface area contributed by atoms with Crippen molar-refractivity contribution in [2.24, 2.45) is 0 Å². The summed E-state index contributed by atoms with van der Waals surface area (Å²) in [6.07, 6.45) is -20.0. The van der Waals surface area contributed by atoms with E-state index in [0.29, 0.717) is 0 Å². The first-order chi connectivity index (χ1) is 16.4. The standard InChI is InChI=1S/C21H30O14/c1-6-3-7(23)4-8(32-2)10(6)20(31)34-18-9(5-22)33-21(17(30)16(18)29)35-19-14(27)12(25)11(24)13(26)15(19)28/h3-4,9,11-19,21-30H,5H2,1-2H3/t9-,11?,12-,13+,14-,15+,16+,17-,18-,19?,21-/m1/s1. The summed E-state index contributed by atoms with van der Waals surface area (Å²) in [4.78, 5) is 12.8. The Morgan fingerprint density at radius 2 is 1.43 bits per heavy atom. The lowest BCUT2D eigenvalue weighted by Gasteiger charge is -2.46. The zero-order valence-electron chi connectivity index (χ0n) is 18.8. The normalized spacial score (nSPS) is 39.8. The molecule has 14 heteroatoms. The molecule has 9 N–H and O–H groups in total. The van der Waals surface area contributed by atoms with Gasteiger partial charge in [0, 0.05) is 6.07 Å². The van der Waals surface area contributed by atoms with E-state index < -0.39 is 79.9 Å². The van der Waals surface area contributed by atoms with Crippen molar-refractivity contribution in [1.29, 1.82) is 0 Å². The number of hydrogen-bond acceptors (Lipinski definition) is 14. The van der Waals surface area contributed by atoms with E-state index in [2.05, 4.69) is 0 Å². The highest BCUT2D eigenvalue weighted by Crippen LogP contribution is 2.32. The van der Waals surface area contributed by atoms with Crippen LogP contribution in [0.1, 0.15) is 15.9 Å². The lowest BCUT2D eigenvalue weighted by Crippen LogP contribution is -2.67. The van der Waals surface area contributed by atoms with Gasteiger partial charge < -0.3 is 64.9 Å². The molecule has 1 aliphatic heterocycles. The number of aryl methyl sites for hydroxylation is 1. The summed E-state index contributed by atoms with van der Waals surface area (Å²) in [5.41, 5.74) is 0.192. The maximum atomic E-state index is 12.8. The van der Waals surface area contributed by atoms with E-state index in [0.717, 1.165) is 0 Å². The van der Waals surface area contributed by atoms with Crippen molar-refractivity contribution in [2.45, 2.75) is 74.3 Å². The molecule has 2 aliphatic rings. The van der Waals surface area contributed by atoms with E-state index >= 15 is 0 Å². The fraction of sp³-hybridized carbons (Fsp3) is 0.667. The van der Waals surface area contributed by atoms with E-state index in [-0.39, 0.29) is 22.6 Å². The SMILES string of the molecule is COc1cc(O)cc(C)c1C(=O)O[C@H]1[C@@H](O)[C@@H](O)[C@@H](OC2[C@@H](O)[C@@H](O)C(O)[C@@H](O)[C@H]2O)O[C@@H]1CO. The van der Waals surface area contributed by atoms with Crippen molar-refractivity contribution in [1.82, 2.24) is 0 Å². The number of aromatic hydroxyl groups is 1. The Morgan fingerprint density at radius 3 is 1.97 bits per heavy atom. The summed E-state index contributed by atoms with van der Waals surface area (Å²) in [6, 6.07) is 2.44. The van der Waals surface area contributed by atoms with Gasteiger partial charge >= 0.3 is 5.97 Å². The Kier molecular flexibility index (Phi) is 8.54. The first-order valence-electron chi connectivity index (χ1n) is 10.7. The highest BCUT2D eigenvalue weighted by atomic mass is 16.7. The van der Waals surface area contributed by atoms with Crippen LogP contribution < -0.4 is 4.74 Å². The van der Waals surface area contributed by atoms with Gasteiger partial charge in [0.1, 0.15) is 72.0 Å². The molecule has 0 amide bonds. The first kappa shape index (κ1) is 27.5. The Bertz CT molecular complexity index is 877. The number of methoxy groups -OCH3 is 1. The van der Waals surface area contributed by atoms with Gasteiger partial charge in [-0.05, 0) is 18.6 Å². The molecule has 1 aliphatic carbocycles. The average Bonchev–Trinajstić information content (AvgIpc) is 2.82. The second-order valence-electron chi connectivity index (χ2n) is 8.47. The van der Waals surface area contributed by atoms with Gasteiger partial charge in [0.05, 0.1) is 13.7 Å². The van der Waals surface area contributed by atoms with E-state index in [1.165, 1.54) is 26.2 Å². The van der Waals surface area contributed by atoms with Gasteiger partial charge in [0.15, 0.2) is 12.4 Å². The Morgan fingerprint density at radius 1 is 0.886 bits per heavy atom. The maximum Gasteiger partial charge on any atom is 0.342 e. The van der Waals surface area contributed by atoms with E-state index in [1.807, 2.05) is 0 Å². The number of carbonyl (C=O) groups excluding carboxylic acids is 1. The fourth-order valence-corrected chi connectivity index (χ4v) is 4.16. The van der Waals surface area contributed by atoms with Crippen LogP contribution in [0, 0.1) is 6.92 Å². The van der Waals surface area contributed by atoms with Crippen molar-refractivity contribution in [3.63, 3.8) is 0 Å². The number of carbonyl (C=O) groups is 1. The molecule has 2 unspecified atom stereocenters. The van der Waals surface area contributed by atoms with Crippen LogP contribution in [0.2, 0.25) is 0 Å². The summed E-state index contributed by atoms with van der Waals surface area (Å²) >= 11 is 0. The van der Waals surface area contributed by atoms with Crippen LogP contribution in [0.15, 0.2) is 12.1 Å². The second kappa shape index (κ2) is 10.9. The van der Waals surface area contributed by atoms with Gasteiger partial charge in [-0.3, -0.25) is 0 Å². The third-order valence-electron chi connectivity index (χ3n) is 6.14. The molecule has 11 atom stereocenters. The number of aliphatic hydroxyl groups is 8. The number of rotatable bonds is 6. The van der Waals surface area contributed by atoms with Gasteiger partial charge in [-0.25, -0.2) is 4.79 Å². The Labute approximate surface area is 199 Å². The molecule has 0 bridgehead atoms. The minimum atomic E-state index is -1.95. The first-order valence-corrected chi connectivity index (χ1v) is 10.7. The molecule has 14 nitrogen and oxygen atoms in total. The highest BCUT2D eigenvalue weighted by molar-refractivity contribution is 5.94. The van der Waals surface area contributed by atoms with Gasteiger partial charge in [0.2, 0.25) is 0 Å². The second-order valence-corrected chi connectivity index (χ2v) is 8.47. The summed E-state index contributed by atoms with van der Waals surface area (Å²) in [6.45, 7) is 0.669. The number of esters is 1. The van der Waals surface area contributed by atoms with Crippen molar-refractivity contribution < 1.29 is 69.7 Å². The fourth-order valence-electron chi connectivity index (χ4n) is 4.16. The van der Waals surface area contributed by atoms with Crippen LogP contribution in [0.4, 0.5) is 0 Å². The van der Waals surface area contributed by atoms with Crippen LogP contribution in [0.25, 0.3) is 0 Å². The van der Waals surface area contributed by atoms with Gasteiger partial charge in [-0.2, -0.15) is 0 Å². The van der Waals surface area contributed by atoms with Gasteiger partial charge in [-0.15, -0.1) is 0 Å². The minimum absolute atomic E-state index is 0.0272. The molecule has 3 rings (SSSR count). The van der Waals surface area contributed by atoms with Crippen LogP contribution in [0.3, 0.4) is 0 Å². The Balaban J connectivity index is 1.78. The number of aliphatic hydroxyl groups excluding tert-OH is 8. The van der Waals surface area contributed by atoms with Crippen LogP contribution in [-0.4, -0.2) is 133 Å². The van der Waals surface area contributed by atoms with Gasteiger partial charge in [0.25, 0.3) is 0 Å². The third kappa shape index (κ3) is 5.22. The van der Waals surface area contributed by atoms with Crippen LogP contribution in [-0.2, 0) is 14.2 Å². The lowest BCUT2D eigenvalue weighted by atomic mass is 9.84. The predicted octanol–water partition coefficient (Wildman–Crippen LogP) is -4.12. The minimum Gasteiger partial charge on any atom is -0.508 e. The van der Waals surface area contributed by atoms with Crippen molar-refractivity contribution >= 4 is 5.97 Å². The monoisotopic (exact) mass is 506 g/mol. The van der Waals surface area contributed by atoms with Gasteiger partial charge in [-0.1, -0.05) is 0 Å². The molecule has 1 aromatic carbocycles. The average molecular weight is 506 g/mol. The molecular formula is C21H30O14. The summed E-state index contributed by atoms with van der Waals surface area (Å²) in [5, 5.41) is 90.3. The van der Waals surface area contributed by atoms with E-state index in [1.54, 1.807) is 0 Å². The molecule has 2 fully saturated rings. The highest BCUT2D eigenvalue weighted by Gasteiger charge is 2.53.